The van der Waals surface area contributed by atoms with Crippen LogP contribution in [0.1, 0.15) is 36.5 Å². The number of carbonyl (C=O) groups is 1. The van der Waals surface area contributed by atoms with Crippen LogP contribution in [0.15, 0.2) is 78.0 Å². The van der Waals surface area contributed by atoms with Gasteiger partial charge >= 0.3 is 12.3 Å². The number of nitrogens with zero attached hydrogens (tertiary/aromatic N) is 5. The number of nitrogens with one attached hydrogen (secondary N) is 1. The predicted octanol–water partition coefficient (Wildman–Crippen LogP) is 7.45. The number of aliphatic imine (C=N–C) groups is 1. The molecule has 0 atom stereocenters. The van der Waals surface area contributed by atoms with E-state index in [0.29, 0.717) is 41.0 Å². The summed E-state index contributed by atoms with van der Waals surface area (Å²) in [5.41, 5.74) is 5.05. The zero-order chi connectivity index (χ0) is 33.9. The highest BCUT2D eigenvalue weighted by molar-refractivity contribution is 8.15. The molecule has 1 aliphatic heterocycles. The Hall–Kier alpha value is -4.37. The molecule has 0 spiro atoms. The molecule has 0 saturated carbocycles. The van der Waals surface area contributed by atoms with E-state index < -0.39 is 18.0 Å². The van der Waals surface area contributed by atoms with Crippen molar-refractivity contribution in [3.63, 3.8) is 0 Å². The first-order valence-corrected chi connectivity index (χ1v) is 15.8. The molecule has 1 saturated heterocycles. The van der Waals surface area contributed by atoms with Crippen LogP contribution >= 0.6 is 24.0 Å². The fraction of sp³-hybridized carbons (Fsp3) is 0.281. The third-order valence-electron chi connectivity index (χ3n) is 7.08. The molecule has 246 valence electrons. The second-order valence-electron chi connectivity index (χ2n) is 10.9. The van der Waals surface area contributed by atoms with Crippen molar-refractivity contribution < 1.29 is 31.5 Å². The van der Waals surface area contributed by atoms with E-state index in [0.717, 1.165) is 34.5 Å². The SMILES string of the molecule is Cc1ccc(C(C)C)c(N2C(=O)CSC2=NC(=S)NCCc2ccc(-c3ncn(-c4ccc(OC(F)(F)C(F)(F)F)cc4)n3)cc2)c1. The first kappa shape index (κ1) is 34.0. The molecule has 0 unspecified atom stereocenters. The van der Waals surface area contributed by atoms with Gasteiger partial charge in [-0.15, -0.1) is 5.10 Å². The largest absolute Gasteiger partial charge is 0.499 e. The molecule has 1 amide bonds. The number of rotatable bonds is 9. The van der Waals surface area contributed by atoms with Gasteiger partial charge in [0.25, 0.3) is 0 Å². The summed E-state index contributed by atoms with van der Waals surface area (Å²) in [7, 11) is 0. The van der Waals surface area contributed by atoms with Gasteiger partial charge in [-0.1, -0.05) is 62.0 Å². The average molecular weight is 689 g/mol. The number of amidine groups is 1. The quantitative estimate of drug-likeness (QED) is 0.145. The van der Waals surface area contributed by atoms with Crippen molar-refractivity contribution in [2.24, 2.45) is 4.99 Å². The molecule has 0 radical (unpaired) electrons. The topological polar surface area (TPSA) is 84.6 Å². The molecule has 15 heteroatoms. The number of carbonyl (C=O) groups excluding carboxylic acids is 1. The van der Waals surface area contributed by atoms with Crippen molar-refractivity contribution in [2.75, 3.05) is 17.2 Å². The van der Waals surface area contributed by atoms with Crippen LogP contribution in [0.5, 0.6) is 5.75 Å². The monoisotopic (exact) mass is 688 g/mol. The fourth-order valence-electron chi connectivity index (χ4n) is 4.67. The Balaban J connectivity index is 1.17. The smallest absolute Gasteiger partial charge is 0.426 e. The van der Waals surface area contributed by atoms with E-state index in [4.69, 9.17) is 12.2 Å². The number of amides is 1. The van der Waals surface area contributed by atoms with Crippen molar-refractivity contribution in [2.45, 2.75) is 45.4 Å². The molecule has 3 aromatic carbocycles. The lowest BCUT2D eigenvalue weighted by atomic mass is 9.99. The highest BCUT2D eigenvalue weighted by Gasteiger charge is 2.61. The lowest BCUT2D eigenvalue weighted by molar-refractivity contribution is -0.360. The van der Waals surface area contributed by atoms with Gasteiger partial charge in [0.2, 0.25) is 5.91 Å². The number of hydrogen-bond acceptors (Lipinski definition) is 6. The number of anilines is 1. The van der Waals surface area contributed by atoms with Crippen LogP contribution in [0.25, 0.3) is 17.1 Å². The van der Waals surface area contributed by atoms with Gasteiger partial charge in [0.1, 0.15) is 12.1 Å². The first-order valence-electron chi connectivity index (χ1n) is 14.4. The zero-order valence-corrected chi connectivity index (χ0v) is 27.0. The van der Waals surface area contributed by atoms with Gasteiger partial charge in [-0.3, -0.25) is 9.69 Å². The zero-order valence-electron chi connectivity index (χ0n) is 25.4. The normalized spacial score (nSPS) is 14.7. The molecule has 4 aromatic rings. The Morgan fingerprint density at radius 1 is 1.06 bits per heavy atom. The third-order valence-corrected chi connectivity index (χ3v) is 8.24. The van der Waals surface area contributed by atoms with Gasteiger partial charge in [-0.05, 0) is 78.5 Å². The van der Waals surface area contributed by atoms with Crippen LogP contribution in [-0.4, -0.2) is 55.5 Å². The molecule has 1 aromatic heterocycles. The fourth-order valence-corrected chi connectivity index (χ4v) is 5.78. The maximum Gasteiger partial charge on any atom is 0.499 e. The third kappa shape index (κ3) is 7.96. The van der Waals surface area contributed by atoms with E-state index in [9.17, 15) is 26.7 Å². The first-order chi connectivity index (χ1) is 22.2. The molecular formula is C32H29F5N6O2S2. The van der Waals surface area contributed by atoms with Crippen LogP contribution in [0, 0.1) is 6.92 Å². The minimum atomic E-state index is -5.83. The second-order valence-corrected chi connectivity index (χ2v) is 12.3. The summed E-state index contributed by atoms with van der Waals surface area (Å²) in [4.78, 5) is 23.3. The second kappa shape index (κ2) is 13.8. The van der Waals surface area contributed by atoms with Crippen LogP contribution in [0.2, 0.25) is 0 Å². The summed E-state index contributed by atoms with van der Waals surface area (Å²) < 4.78 is 68.7. The minimum Gasteiger partial charge on any atom is -0.426 e. The summed E-state index contributed by atoms with van der Waals surface area (Å²) in [5.74, 6) is 0.220. The highest BCUT2D eigenvalue weighted by atomic mass is 32.2. The highest BCUT2D eigenvalue weighted by Crippen LogP contribution is 2.37. The van der Waals surface area contributed by atoms with Crippen LogP contribution in [-0.2, 0) is 11.2 Å². The van der Waals surface area contributed by atoms with Crippen molar-refractivity contribution in [1.29, 1.82) is 0 Å². The standard InChI is InChI=1S/C32H29F5N6O2S2/c1-19(2)25-13-4-20(3)16-26(25)43-27(44)17-47-30(43)40-29(46)38-15-14-21-5-7-22(8-6-21)28-39-18-42(41-28)23-9-11-24(12-10-23)45-32(36,37)31(33,34)35/h4-13,16,18-19H,14-15,17H2,1-3H3,(H,38,46). The lowest BCUT2D eigenvalue weighted by Crippen LogP contribution is -2.41. The Morgan fingerprint density at radius 2 is 1.77 bits per heavy atom. The van der Waals surface area contributed by atoms with Crippen molar-refractivity contribution in [1.82, 2.24) is 20.1 Å². The summed E-state index contributed by atoms with van der Waals surface area (Å²) in [6.07, 6.45) is -9.11. The molecule has 1 N–H and O–H groups in total. The number of thioether (sulfide) groups is 1. The number of benzene rings is 3. The summed E-state index contributed by atoms with van der Waals surface area (Å²) in [6, 6.07) is 18.2. The van der Waals surface area contributed by atoms with E-state index in [1.807, 2.05) is 49.4 Å². The predicted molar refractivity (Wildman–Crippen MR) is 175 cm³/mol. The maximum absolute atomic E-state index is 13.2. The maximum atomic E-state index is 13.2. The Kier molecular flexibility index (Phi) is 9.96. The number of alkyl halides is 5. The molecule has 0 aliphatic carbocycles. The summed E-state index contributed by atoms with van der Waals surface area (Å²) in [6.45, 7) is 6.67. The molecule has 1 fully saturated rings. The molecule has 1 aliphatic rings. The number of hydrogen-bond donors (Lipinski definition) is 1. The van der Waals surface area contributed by atoms with E-state index in [-0.39, 0.29) is 16.9 Å². The van der Waals surface area contributed by atoms with E-state index in [1.54, 1.807) is 4.90 Å². The Labute approximate surface area is 277 Å². The Bertz CT molecular complexity index is 1790. The number of ether oxygens (including phenoxy) is 1. The van der Waals surface area contributed by atoms with E-state index >= 15 is 0 Å². The van der Waals surface area contributed by atoms with Crippen molar-refractivity contribution in [3.8, 4) is 22.8 Å². The number of aryl methyl sites for hydroxylation is 1. The van der Waals surface area contributed by atoms with E-state index in [1.165, 1.54) is 34.9 Å². The van der Waals surface area contributed by atoms with Crippen LogP contribution in [0.3, 0.4) is 0 Å². The van der Waals surface area contributed by atoms with Gasteiger partial charge in [-0.25, -0.2) is 9.67 Å². The molecule has 5 rings (SSSR count). The van der Waals surface area contributed by atoms with Gasteiger partial charge < -0.3 is 10.1 Å². The molecule has 2 heterocycles. The number of aromatic nitrogens is 3. The van der Waals surface area contributed by atoms with Gasteiger partial charge in [-0.2, -0.15) is 26.9 Å². The molecule has 0 bridgehead atoms. The van der Waals surface area contributed by atoms with E-state index in [2.05, 4.69) is 39.0 Å². The number of thiocarbonyl (C=S) groups is 1. The van der Waals surface area contributed by atoms with Crippen molar-refractivity contribution in [3.05, 3.63) is 89.7 Å². The van der Waals surface area contributed by atoms with Gasteiger partial charge in [0.05, 0.1) is 17.1 Å². The molecule has 47 heavy (non-hydrogen) atoms. The van der Waals surface area contributed by atoms with Crippen LogP contribution < -0.4 is 15.0 Å². The molecule has 8 nitrogen and oxygen atoms in total. The lowest BCUT2D eigenvalue weighted by Gasteiger charge is -2.22. The van der Waals surface area contributed by atoms with Crippen LogP contribution in [0.4, 0.5) is 27.6 Å². The van der Waals surface area contributed by atoms with Crippen molar-refractivity contribution >= 4 is 45.9 Å². The van der Waals surface area contributed by atoms with Gasteiger partial charge in [0.15, 0.2) is 16.1 Å². The molecular weight excluding hydrogens is 660 g/mol. The average Bonchev–Trinajstić information content (AvgIpc) is 3.64. The minimum absolute atomic E-state index is 0.0387. The van der Waals surface area contributed by atoms with Gasteiger partial charge in [0, 0.05) is 12.1 Å². The summed E-state index contributed by atoms with van der Waals surface area (Å²) >= 11 is 6.83. The summed E-state index contributed by atoms with van der Waals surface area (Å²) in [5, 5.41) is 8.35. The number of halogens is 5. The Morgan fingerprint density at radius 3 is 2.43 bits per heavy atom.